The van der Waals surface area contributed by atoms with Gasteiger partial charge in [0.2, 0.25) is 0 Å². The van der Waals surface area contributed by atoms with Gasteiger partial charge in [0, 0.05) is 42.0 Å². The number of hydrogen-bond donors (Lipinski definition) is 1. The minimum atomic E-state index is -0.376. The van der Waals surface area contributed by atoms with E-state index in [-0.39, 0.29) is 18.1 Å². The SMILES string of the molecule is CCCc1cc(=O)oc2cc(OCC(=O)Nc3ccc(N4CCCC4)cc3C)ccc12. The molecule has 1 aliphatic rings. The number of nitrogens with one attached hydrogen (secondary N) is 1. The normalized spacial score (nSPS) is 13.5. The molecule has 6 nitrogen and oxygen atoms in total. The predicted molar refractivity (Wildman–Crippen MR) is 123 cm³/mol. The highest BCUT2D eigenvalue weighted by Crippen LogP contribution is 2.26. The molecule has 1 fully saturated rings. The number of rotatable bonds is 7. The van der Waals surface area contributed by atoms with Gasteiger partial charge in [-0.2, -0.15) is 0 Å². The van der Waals surface area contributed by atoms with Gasteiger partial charge in [-0.25, -0.2) is 4.79 Å². The Labute approximate surface area is 181 Å². The number of benzene rings is 2. The lowest BCUT2D eigenvalue weighted by Crippen LogP contribution is -2.21. The molecule has 0 aliphatic carbocycles. The van der Waals surface area contributed by atoms with Crippen LogP contribution in [0.1, 0.15) is 37.3 Å². The van der Waals surface area contributed by atoms with E-state index in [2.05, 4.69) is 23.2 Å². The molecule has 1 amide bonds. The van der Waals surface area contributed by atoms with Crippen molar-refractivity contribution in [2.45, 2.75) is 39.5 Å². The molecule has 0 bridgehead atoms. The average Bonchev–Trinajstić information content (AvgIpc) is 3.28. The monoisotopic (exact) mass is 420 g/mol. The second-order valence-electron chi connectivity index (χ2n) is 8.03. The van der Waals surface area contributed by atoms with Gasteiger partial charge in [-0.05, 0) is 67.6 Å². The lowest BCUT2D eigenvalue weighted by Gasteiger charge is -2.19. The molecule has 2 aromatic carbocycles. The molecule has 1 N–H and O–H groups in total. The van der Waals surface area contributed by atoms with Crippen molar-refractivity contribution in [3.63, 3.8) is 0 Å². The van der Waals surface area contributed by atoms with Crippen LogP contribution >= 0.6 is 0 Å². The number of anilines is 2. The molecule has 0 radical (unpaired) electrons. The second-order valence-corrected chi connectivity index (χ2v) is 8.03. The van der Waals surface area contributed by atoms with E-state index >= 15 is 0 Å². The largest absolute Gasteiger partial charge is 0.484 e. The van der Waals surface area contributed by atoms with E-state index < -0.39 is 0 Å². The summed E-state index contributed by atoms with van der Waals surface area (Å²) in [5.41, 5.74) is 4.06. The average molecular weight is 421 g/mol. The summed E-state index contributed by atoms with van der Waals surface area (Å²) >= 11 is 0. The van der Waals surface area contributed by atoms with E-state index in [1.807, 2.05) is 25.1 Å². The summed E-state index contributed by atoms with van der Waals surface area (Å²) in [6.45, 7) is 6.11. The molecule has 2 heterocycles. The minimum Gasteiger partial charge on any atom is -0.484 e. The summed E-state index contributed by atoms with van der Waals surface area (Å²) in [5.74, 6) is 0.249. The van der Waals surface area contributed by atoms with Crippen molar-refractivity contribution in [3.05, 3.63) is 64.0 Å². The number of amides is 1. The van der Waals surface area contributed by atoms with E-state index in [9.17, 15) is 9.59 Å². The molecule has 0 saturated carbocycles. The first kappa shape index (κ1) is 21.0. The van der Waals surface area contributed by atoms with Crippen molar-refractivity contribution in [1.29, 1.82) is 0 Å². The molecule has 4 rings (SSSR count). The molecular formula is C25H28N2O4. The van der Waals surface area contributed by atoms with Crippen LogP contribution < -0.4 is 20.6 Å². The first-order chi connectivity index (χ1) is 15.0. The van der Waals surface area contributed by atoms with Crippen molar-refractivity contribution >= 4 is 28.3 Å². The minimum absolute atomic E-state index is 0.127. The summed E-state index contributed by atoms with van der Waals surface area (Å²) in [6.07, 6.45) is 4.20. The van der Waals surface area contributed by atoms with Crippen LogP contribution in [0.15, 0.2) is 51.7 Å². The zero-order chi connectivity index (χ0) is 21.8. The molecule has 3 aromatic rings. The van der Waals surface area contributed by atoms with Crippen molar-refractivity contribution in [2.75, 3.05) is 29.9 Å². The maximum absolute atomic E-state index is 12.4. The third-order valence-electron chi connectivity index (χ3n) is 5.65. The molecular weight excluding hydrogens is 392 g/mol. The number of ether oxygens (including phenoxy) is 1. The summed E-state index contributed by atoms with van der Waals surface area (Å²) in [5, 5.41) is 3.81. The maximum atomic E-state index is 12.4. The third kappa shape index (κ3) is 4.90. The Morgan fingerprint density at radius 2 is 1.94 bits per heavy atom. The smallest absolute Gasteiger partial charge is 0.336 e. The number of aryl methyl sites for hydroxylation is 2. The number of hydrogen-bond acceptors (Lipinski definition) is 5. The highest BCUT2D eigenvalue weighted by Gasteiger charge is 2.14. The Kier molecular flexibility index (Phi) is 6.26. The molecule has 1 saturated heterocycles. The third-order valence-corrected chi connectivity index (χ3v) is 5.65. The van der Waals surface area contributed by atoms with Crippen LogP contribution in [-0.4, -0.2) is 25.6 Å². The van der Waals surface area contributed by atoms with Crippen molar-refractivity contribution < 1.29 is 13.9 Å². The molecule has 31 heavy (non-hydrogen) atoms. The second kappa shape index (κ2) is 9.25. The zero-order valence-corrected chi connectivity index (χ0v) is 18.1. The summed E-state index contributed by atoms with van der Waals surface area (Å²) < 4.78 is 11.0. The fourth-order valence-corrected chi connectivity index (χ4v) is 4.07. The van der Waals surface area contributed by atoms with Crippen LogP contribution in [0.3, 0.4) is 0 Å². The summed E-state index contributed by atoms with van der Waals surface area (Å²) in [7, 11) is 0. The number of nitrogens with zero attached hydrogens (tertiary/aromatic N) is 1. The topological polar surface area (TPSA) is 71.8 Å². The maximum Gasteiger partial charge on any atom is 0.336 e. The zero-order valence-electron chi connectivity index (χ0n) is 18.1. The Bertz CT molecular complexity index is 1150. The highest BCUT2D eigenvalue weighted by molar-refractivity contribution is 5.93. The number of carbonyl (C=O) groups is 1. The summed E-state index contributed by atoms with van der Waals surface area (Å²) in [6, 6.07) is 13.0. The van der Waals surface area contributed by atoms with Crippen LogP contribution in [0.2, 0.25) is 0 Å². The van der Waals surface area contributed by atoms with Gasteiger partial charge in [0.1, 0.15) is 11.3 Å². The van der Waals surface area contributed by atoms with E-state index in [4.69, 9.17) is 9.15 Å². The molecule has 6 heteroatoms. The molecule has 162 valence electrons. The molecule has 1 aromatic heterocycles. The number of fused-ring (bicyclic) bond motifs is 1. The first-order valence-corrected chi connectivity index (χ1v) is 10.9. The number of carbonyl (C=O) groups excluding carboxylic acids is 1. The van der Waals surface area contributed by atoms with E-state index in [0.29, 0.717) is 11.3 Å². The Hall–Kier alpha value is -3.28. The predicted octanol–water partition coefficient (Wildman–Crippen LogP) is 4.67. The molecule has 0 unspecified atom stereocenters. The van der Waals surface area contributed by atoms with Crippen LogP contribution in [0, 0.1) is 6.92 Å². The van der Waals surface area contributed by atoms with Gasteiger partial charge in [-0.15, -0.1) is 0 Å². The van der Waals surface area contributed by atoms with Gasteiger partial charge >= 0.3 is 5.63 Å². The van der Waals surface area contributed by atoms with Gasteiger partial charge < -0.3 is 19.4 Å². The Morgan fingerprint density at radius 1 is 1.13 bits per heavy atom. The van der Waals surface area contributed by atoms with Crippen molar-refractivity contribution in [2.24, 2.45) is 0 Å². The highest BCUT2D eigenvalue weighted by atomic mass is 16.5. The lowest BCUT2D eigenvalue weighted by atomic mass is 10.1. The Morgan fingerprint density at radius 3 is 2.68 bits per heavy atom. The lowest BCUT2D eigenvalue weighted by molar-refractivity contribution is -0.118. The van der Waals surface area contributed by atoms with Crippen LogP contribution in [0.5, 0.6) is 5.75 Å². The Balaban J connectivity index is 1.40. The van der Waals surface area contributed by atoms with E-state index in [1.54, 1.807) is 12.1 Å². The fraction of sp³-hybridized carbons (Fsp3) is 0.360. The van der Waals surface area contributed by atoms with Crippen LogP contribution in [-0.2, 0) is 11.2 Å². The van der Waals surface area contributed by atoms with E-state index in [0.717, 1.165) is 48.1 Å². The van der Waals surface area contributed by atoms with Crippen LogP contribution in [0.25, 0.3) is 11.0 Å². The first-order valence-electron chi connectivity index (χ1n) is 10.9. The van der Waals surface area contributed by atoms with Crippen molar-refractivity contribution in [3.8, 4) is 5.75 Å². The van der Waals surface area contributed by atoms with Gasteiger partial charge in [0.05, 0.1) is 0 Å². The van der Waals surface area contributed by atoms with Crippen LogP contribution in [0.4, 0.5) is 11.4 Å². The van der Waals surface area contributed by atoms with Crippen molar-refractivity contribution in [1.82, 2.24) is 0 Å². The molecule has 1 aliphatic heterocycles. The quantitative estimate of drug-likeness (QED) is 0.562. The van der Waals surface area contributed by atoms with E-state index in [1.165, 1.54) is 24.6 Å². The standard InChI is InChI=1S/C25H28N2O4/c1-3-6-18-14-25(29)31-23-15-20(8-9-21(18)23)30-16-24(28)26-22-10-7-19(13-17(22)2)27-11-4-5-12-27/h7-10,13-15H,3-6,11-12,16H2,1-2H3,(H,26,28). The molecule has 0 atom stereocenters. The summed E-state index contributed by atoms with van der Waals surface area (Å²) in [4.78, 5) is 26.6. The molecule has 0 spiro atoms. The van der Waals surface area contributed by atoms with Gasteiger partial charge in [-0.3, -0.25) is 4.79 Å². The van der Waals surface area contributed by atoms with Gasteiger partial charge in [-0.1, -0.05) is 13.3 Å². The van der Waals surface area contributed by atoms with Gasteiger partial charge in [0.25, 0.3) is 5.91 Å². The van der Waals surface area contributed by atoms with Gasteiger partial charge in [0.15, 0.2) is 6.61 Å². The fourth-order valence-electron chi connectivity index (χ4n) is 4.07.